The zero-order valence-corrected chi connectivity index (χ0v) is 13.9. The molecule has 1 saturated carbocycles. The zero-order valence-electron chi connectivity index (χ0n) is 13.9. The van der Waals surface area contributed by atoms with Gasteiger partial charge in [-0.05, 0) is 68.7 Å². The van der Waals surface area contributed by atoms with Crippen LogP contribution in [0.1, 0.15) is 63.6 Å². The number of hydrogen-bond acceptors (Lipinski definition) is 2. The van der Waals surface area contributed by atoms with Gasteiger partial charge in [-0.1, -0.05) is 39.2 Å². The second-order valence-electron chi connectivity index (χ2n) is 6.58. The summed E-state index contributed by atoms with van der Waals surface area (Å²) < 4.78 is 0. The van der Waals surface area contributed by atoms with Gasteiger partial charge < -0.3 is 5.32 Å². The second-order valence-corrected chi connectivity index (χ2v) is 6.58. The van der Waals surface area contributed by atoms with Crippen LogP contribution < -0.4 is 5.32 Å². The molecule has 0 amide bonds. The van der Waals surface area contributed by atoms with Crippen LogP contribution in [-0.2, 0) is 12.8 Å². The number of nitrogens with one attached hydrogen (secondary N) is 1. The quantitative estimate of drug-likeness (QED) is 0.595. The van der Waals surface area contributed by atoms with Gasteiger partial charge in [0.15, 0.2) is 0 Å². The van der Waals surface area contributed by atoms with Crippen LogP contribution >= 0.6 is 0 Å². The lowest BCUT2D eigenvalue weighted by Crippen LogP contribution is -2.29. The molecule has 1 fully saturated rings. The Morgan fingerprint density at radius 1 is 1.10 bits per heavy atom. The Morgan fingerprint density at radius 3 is 2.57 bits per heavy atom. The highest BCUT2D eigenvalue weighted by molar-refractivity contribution is 5.14. The number of hydrogen-bond donors (Lipinski definition) is 1. The highest BCUT2D eigenvalue weighted by Crippen LogP contribution is 2.30. The predicted molar refractivity (Wildman–Crippen MR) is 90.5 cm³/mol. The van der Waals surface area contributed by atoms with Crippen molar-refractivity contribution in [2.75, 3.05) is 13.1 Å². The fraction of sp³-hybridized carbons (Fsp3) is 0.737. The van der Waals surface area contributed by atoms with Crippen LogP contribution in [0.25, 0.3) is 0 Å². The van der Waals surface area contributed by atoms with E-state index in [-0.39, 0.29) is 0 Å². The summed E-state index contributed by atoms with van der Waals surface area (Å²) in [6.45, 7) is 6.80. The SMILES string of the molecule is CCCNCC1CCCCCC1Cc1ccc(CC)cn1. The molecule has 1 aliphatic carbocycles. The molecule has 2 unspecified atom stereocenters. The van der Waals surface area contributed by atoms with Crippen LogP contribution in [0.15, 0.2) is 18.3 Å². The molecule has 0 radical (unpaired) electrons. The molecule has 118 valence electrons. The van der Waals surface area contributed by atoms with Gasteiger partial charge in [0, 0.05) is 11.9 Å². The first-order valence-electron chi connectivity index (χ1n) is 8.98. The first-order valence-corrected chi connectivity index (χ1v) is 8.98. The summed E-state index contributed by atoms with van der Waals surface area (Å²) in [5.41, 5.74) is 2.64. The van der Waals surface area contributed by atoms with Gasteiger partial charge in [0.2, 0.25) is 0 Å². The number of aryl methyl sites for hydroxylation is 1. The van der Waals surface area contributed by atoms with Crippen LogP contribution in [-0.4, -0.2) is 18.1 Å². The third-order valence-corrected chi connectivity index (χ3v) is 4.92. The van der Waals surface area contributed by atoms with Gasteiger partial charge in [-0.2, -0.15) is 0 Å². The maximum absolute atomic E-state index is 4.68. The fourth-order valence-electron chi connectivity index (χ4n) is 3.52. The van der Waals surface area contributed by atoms with E-state index in [2.05, 4.69) is 42.5 Å². The maximum atomic E-state index is 4.68. The van der Waals surface area contributed by atoms with E-state index in [4.69, 9.17) is 0 Å². The molecule has 0 spiro atoms. The van der Waals surface area contributed by atoms with Crippen LogP contribution in [0.2, 0.25) is 0 Å². The van der Waals surface area contributed by atoms with Crippen molar-refractivity contribution in [2.45, 2.75) is 65.2 Å². The summed E-state index contributed by atoms with van der Waals surface area (Å²) in [4.78, 5) is 4.68. The normalized spacial score (nSPS) is 23.0. The molecular formula is C19H32N2. The van der Waals surface area contributed by atoms with Crippen LogP contribution in [0.5, 0.6) is 0 Å². The molecule has 2 atom stereocenters. The molecule has 1 N–H and O–H groups in total. The van der Waals surface area contributed by atoms with E-state index in [1.165, 1.54) is 62.7 Å². The summed E-state index contributed by atoms with van der Waals surface area (Å²) in [5.74, 6) is 1.66. The first-order chi connectivity index (χ1) is 10.3. The maximum Gasteiger partial charge on any atom is 0.0406 e. The zero-order chi connectivity index (χ0) is 14.9. The Morgan fingerprint density at radius 2 is 1.90 bits per heavy atom. The fourth-order valence-corrected chi connectivity index (χ4v) is 3.52. The molecule has 0 aromatic carbocycles. The van der Waals surface area contributed by atoms with Gasteiger partial charge >= 0.3 is 0 Å². The molecule has 1 aromatic rings. The van der Waals surface area contributed by atoms with E-state index >= 15 is 0 Å². The molecule has 21 heavy (non-hydrogen) atoms. The lowest BCUT2D eigenvalue weighted by atomic mass is 9.84. The van der Waals surface area contributed by atoms with Crippen molar-refractivity contribution >= 4 is 0 Å². The van der Waals surface area contributed by atoms with E-state index in [1.54, 1.807) is 0 Å². The average molecular weight is 288 g/mol. The topological polar surface area (TPSA) is 24.9 Å². The minimum absolute atomic E-state index is 0.817. The summed E-state index contributed by atoms with van der Waals surface area (Å²) in [7, 11) is 0. The van der Waals surface area contributed by atoms with E-state index in [1.807, 2.05) is 0 Å². The van der Waals surface area contributed by atoms with Gasteiger partial charge in [-0.25, -0.2) is 0 Å². The Labute approximate surface area is 130 Å². The van der Waals surface area contributed by atoms with E-state index in [0.29, 0.717) is 0 Å². The summed E-state index contributed by atoms with van der Waals surface area (Å²) in [6.07, 6.45) is 12.6. The Bertz CT molecular complexity index is 385. The lowest BCUT2D eigenvalue weighted by Gasteiger charge is -2.25. The standard InChI is InChI=1S/C19H32N2/c1-3-12-20-15-18-9-7-5-6-8-17(18)13-19-11-10-16(4-2)14-21-19/h10-11,14,17-18,20H,3-9,12-13,15H2,1-2H3. The average Bonchev–Trinajstić information content (AvgIpc) is 2.74. The lowest BCUT2D eigenvalue weighted by molar-refractivity contribution is 0.296. The van der Waals surface area contributed by atoms with Crippen molar-refractivity contribution in [3.8, 4) is 0 Å². The molecule has 2 rings (SSSR count). The number of rotatable bonds is 7. The minimum atomic E-state index is 0.817. The smallest absolute Gasteiger partial charge is 0.0406 e. The van der Waals surface area contributed by atoms with Crippen molar-refractivity contribution in [3.63, 3.8) is 0 Å². The van der Waals surface area contributed by atoms with E-state index < -0.39 is 0 Å². The molecular weight excluding hydrogens is 256 g/mol. The molecule has 0 saturated heterocycles. The largest absolute Gasteiger partial charge is 0.316 e. The Balaban J connectivity index is 1.94. The van der Waals surface area contributed by atoms with Gasteiger partial charge in [0.1, 0.15) is 0 Å². The molecule has 1 aliphatic rings. The van der Waals surface area contributed by atoms with Crippen molar-refractivity contribution < 1.29 is 0 Å². The van der Waals surface area contributed by atoms with Crippen molar-refractivity contribution in [3.05, 3.63) is 29.6 Å². The van der Waals surface area contributed by atoms with E-state index in [0.717, 1.165) is 24.8 Å². The monoisotopic (exact) mass is 288 g/mol. The van der Waals surface area contributed by atoms with Crippen molar-refractivity contribution in [2.24, 2.45) is 11.8 Å². The van der Waals surface area contributed by atoms with Crippen LogP contribution in [0.4, 0.5) is 0 Å². The van der Waals surface area contributed by atoms with Gasteiger partial charge in [-0.3, -0.25) is 4.98 Å². The number of aromatic nitrogens is 1. The van der Waals surface area contributed by atoms with Crippen molar-refractivity contribution in [1.82, 2.24) is 10.3 Å². The Kier molecular flexibility index (Phi) is 7.21. The third-order valence-electron chi connectivity index (χ3n) is 4.92. The first kappa shape index (κ1) is 16.5. The Hall–Kier alpha value is -0.890. The third kappa shape index (κ3) is 5.43. The number of pyridine rings is 1. The molecule has 1 heterocycles. The highest BCUT2D eigenvalue weighted by atomic mass is 14.9. The molecule has 0 aliphatic heterocycles. The molecule has 2 nitrogen and oxygen atoms in total. The predicted octanol–water partition coefficient (Wildman–Crippen LogP) is 4.38. The van der Waals surface area contributed by atoms with Gasteiger partial charge in [0.05, 0.1) is 0 Å². The highest BCUT2D eigenvalue weighted by Gasteiger charge is 2.23. The van der Waals surface area contributed by atoms with Crippen LogP contribution in [0, 0.1) is 11.8 Å². The molecule has 0 bridgehead atoms. The van der Waals surface area contributed by atoms with E-state index in [9.17, 15) is 0 Å². The van der Waals surface area contributed by atoms with Gasteiger partial charge in [0.25, 0.3) is 0 Å². The summed E-state index contributed by atoms with van der Waals surface area (Å²) >= 11 is 0. The van der Waals surface area contributed by atoms with Gasteiger partial charge in [-0.15, -0.1) is 0 Å². The van der Waals surface area contributed by atoms with Crippen LogP contribution in [0.3, 0.4) is 0 Å². The minimum Gasteiger partial charge on any atom is -0.316 e. The summed E-state index contributed by atoms with van der Waals surface area (Å²) in [6, 6.07) is 4.50. The molecule has 1 aromatic heterocycles. The summed E-state index contributed by atoms with van der Waals surface area (Å²) in [5, 5.41) is 3.65. The second kappa shape index (κ2) is 9.19. The number of nitrogens with zero attached hydrogens (tertiary/aromatic N) is 1. The van der Waals surface area contributed by atoms with Crippen molar-refractivity contribution in [1.29, 1.82) is 0 Å². The molecule has 2 heteroatoms.